The van der Waals surface area contributed by atoms with Crippen LogP contribution >= 0.6 is 22.9 Å². The van der Waals surface area contributed by atoms with Crippen LogP contribution in [0.1, 0.15) is 52.1 Å². The SMILES string of the molecule is CCOC(=O)c1c(NC(C)=O)sc(C2=CC(c3ccc(Cl)cc3)n3nc(C(F)(F)F)nc3N2)c1C. The molecule has 4 rings (SSSR count). The summed E-state index contributed by atoms with van der Waals surface area (Å²) in [6, 6.07) is 5.85. The summed E-state index contributed by atoms with van der Waals surface area (Å²) in [5.41, 5.74) is 1.70. The Labute approximate surface area is 206 Å². The minimum atomic E-state index is -4.74. The Bertz CT molecular complexity index is 1330. The fraction of sp³-hybridized carbons (Fsp3) is 0.273. The van der Waals surface area contributed by atoms with Crippen LogP contribution in [0.2, 0.25) is 5.02 Å². The molecule has 2 aromatic heterocycles. The monoisotopic (exact) mass is 525 g/mol. The fourth-order valence-electron chi connectivity index (χ4n) is 3.61. The van der Waals surface area contributed by atoms with E-state index in [0.717, 1.165) is 16.0 Å². The number of rotatable bonds is 5. The number of alkyl halides is 3. The van der Waals surface area contributed by atoms with Gasteiger partial charge in [0, 0.05) is 11.9 Å². The van der Waals surface area contributed by atoms with Gasteiger partial charge in [-0.2, -0.15) is 18.2 Å². The second-order valence-electron chi connectivity index (χ2n) is 7.57. The number of allylic oxidation sites excluding steroid dienone is 1. The molecule has 0 spiro atoms. The van der Waals surface area contributed by atoms with E-state index in [-0.39, 0.29) is 29.0 Å². The molecule has 8 nitrogen and oxygen atoms in total. The maximum absolute atomic E-state index is 13.4. The molecule has 1 aromatic carbocycles. The van der Waals surface area contributed by atoms with Gasteiger partial charge in [0.1, 0.15) is 11.0 Å². The maximum Gasteiger partial charge on any atom is 0.453 e. The molecule has 1 amide bonds. The van der Waals surface area contributed by atoms with Gasteiger partial charge in [-0.25, -0.2) is 9.48 Å². The first-order valence-electron chi connectivity index (χ1n) is 10.4. The molecule has 35 heavy (non-hydrogen) atoms. The van der Waals surface area contributed by atoms with E-state index in [4.69, 9.17) is 16.3 Å². The van der Waals surface area contributed by atoms with Crippen LogP contribution in [0.3, 0.4) is 0 Å². The van der Waals surface area contributed by atoms with Gasteiger partial charge in [0.05, 0.1) is 22.7 Å². The molecule has 3 heterocycles. The number of hydrogen-bond acceptors (Lipinski definition) is 7. The topological polar surface area (TPSA) is 98.1 Å². The number of anilines is 2. The van der Waals surface area contributed by atoms with Crippen molar-refractivity contribution in [2.75, 3.05) is 17.2 Å². The van der Waals surface area contributed by atoms with Crippen molar-refractivity contribution in [3.05, 3.63) is 62.8 Å². The van der Waals surface area contributed by atoms with E-state index < -0.39 is 24.0 Å². The Balaban J connectivity index is 1.86. The number of fused-ring (bicyclic) bond motifs is 1. The van der Waals surface area contributed by atoms with Crippen molar-refractivity contribution in [3.8, 4) is 0 Å². The molecule has 2 N–H and O–H groups in total. The number of ether oxygens (including phenoxy) is 1. The first kappa shape index (κ1) is 24.7. The van der Waals surface area contributed by atoms with Crippen LogP contribution in [-0.2, 0) is 15.7 Å². The molecule has 0 saturated carbocycles. The Kier molecular flexibility index (Phi) is 6.60. The standard InChI is InChI=1S/C22H19ClF3N5O3S/c1-4-34-19(33)16-10(2)17(35-18(16)27-11(3)32)14-9-15(12-5-7-13(23)8-6-12)31-21(28-14)29-20(30-31)22(24,25)26/h5-9,15H,4H2,1-3H3,(H,27,32)(H,28,29,30). The van der Waals surface area contributed by atoms with Crippen molar-refractivity contribution < 1.29 is 27.5 Å². The highest BCUT2D eigenvalue weighted by molar-refractivity contribution is 7.18. The summed E-state index contributed by atoms with van der Waals surface area (Å²) in [6.07, 6.45) is -3.07. The normalized spacial score (nSPS) is 15.2. The zero-order valence-corrected chi connectivity index (χ0v) is 20.2. The largest absolute Gasteiger partial charge is 0.462 e. The lowest BCUT2D eigenvalue weighted by Gasteiger charge is -2.24. The average molecular weight is 526 g/mol. The van der Waals surface area contributed by atoms with E-state index in [0.29, 0.717) is 26.7 Å². The molecule has 0 bridgehead atoms. The molecule has 0 radical (unpaired) electrons. The third-order valence-corrected chi connectivity index (χ3v) is 6.58. The second kappa shape index (κ2) is 9.34. The van der Waals surface area contributed by atoms with Gasteiger partial charge >= 0.3 is 12.1 Å². The number of nitrogens with one attached hydrogen (secondary N) is 2. The number of nitrogens with zero attached hydrogens (tertiary/aromatic N) is 3. The summed E-state index contributed by atoms with van der Waals surface area (Å²) in [5, 5.41) is 9.95. The lowest BCUT2D eigenvalue weighted by molar-refractivity contribution is -0.145. The summed E-state index contributed by atoms with van der Waals surface area (Å²) >= 11 is 7.09. The first-order valence-corrected chi connectivity index (χ1v) is 11.6. The van der Waals surface area contributed by atoms with Crippen LogP contribution in [0, 0.1) is 6.92 Å². The Hall–Kier alpha value is -3.38. The summed E-state index contributed by atoms with van der Waals surface area (Å²) < 4.78 is 46.5. The van der Waals surface area contributed by atoms with Gasteiger partial charge in [-0.15, -0.1) is 16.4 Å². The minimum absolute atomic E-state index is 0.124. The van der Waals surface area contributed by atoms with Gasteiger partial charge < -0.3 is 15.4 Å². The number of halogens is 4. The molecule has 184 valence electrons. The summed E-state index contributed by atoms with van der Waals surface area (Å²) in [6.45, 7) is 4.76. The summed E-state index contributed by atoms with van der Waals surface area (Å²) in [4.78, 5) is 28.5. The van der Waals surface area contributed by atoms with Gasteiger partial charge in [-0.1, -0.05) is 23.7 Å². The highest BCUT2D eigenvalue weighted by atomic mass is 35.5. The number of esters is 1. The number of carbonyl (C=O) groups is 2. The van der Waals surface area contributed by atoms with Crippen LogP contribution in [0.25, 0.3) is 5.70 Å². The number of amides is 1. The summed E-state index contributed by atoms with van der Waals surface area (Å²) in [5.74, 6) is -2.42. The Morgan fingerprint density at radius 1 is 1.29 bits per heavy atom. The van der Waals surface area contributed by atoms with E-state index in [1.807, 2.05) is 0 Å². The van der Waals surface area contributed by atoms with Gasteiger partial charge in [0.15, 0.2) is 0 Å². The molecule has 0 aliphatic carbocycles. The van der Waals surface area contributed by atoms with Gasteiger partial charge in [-0.05, 0) is 43.2 Å². The second-order valence-corrected chi connectivity index (χ2v) is 9.02. The van der Waals surface area contributed by atoms with Crippen LogP contribution in [0.5, 0.6) is 0 Å². The molecule has 0 saturated heterocycles. The van der Waals surface area contributed by atoms with E-state index in [2.05, 4.69) is 20.7 Å². The highest BCUT2D eigenvalue weighted by Crippen LogP contribution is 2.42. The number of carbonyl (C=O) groups excluding carboxylic acids is 2. The van der Waals surface area contributed by atoms with Crippen LogP contribution in [0.4, 0.5) is 24.1 Å². The lowest BCUT2D eigenvalue weighted by atomic mass is 10.0. The van der Waals surface area contributed by atoms with E-state index in [1.165, 1.54) is 6.92 Å². The smallest absolute Gasteiger partial charge is 0.453 e. The van der Waals surface area contributed by atoms with Crippen molar-refractivity contribution in [1.29, 1.82) is 0 Å². The molecule has 1 aliphatic rings. The van der Waals surface area contributed by atoms with Crippen molar-refractivity contribution >= 4 is 51.5 Å². The Morgan fingerprint density at radius 3 is 2.57 bits per heavy atom. The molecule has 1 atom stereocenters. The molecule has 1 unspecified atom stereocenters. The molecule has 13 heteroatoms. The van der Waals surface area contributed by atoms with Crippen LogP contribution < -0.4 is 10.6 Å². The van der Waals surface area contributed by atoms with E-state index >= 15 is 0 Å². The van der Waals surface area contributed by atoms with Crippen LogP contribution in [0.15, 0.2) is 30.3 Å². The highest BCUT2D eigenvalue weighted by Gasteiger charge is 2.39. The van der Waals surface area contributed by atoms with Gasteiger partial charge in [0.2, 0.25) is 11.9 Å². The van der Waals surface area contributed by atoms with Crippen molar-refractivity contribution in [1.82, 2.24) is 14.8 Å². The lowest BCUT2D eigenvalue weighted by Crippen LogP contribution is -2.20. The number of hydrogen-bond donors (Lipinski definition) is 2. The molecular weight excluding hydrogens is 507 g/mol. The van der Waals surface area contributed by atoms with Crippen LogP contribution in [-0.4, -0.2) is 33.2 Å². The molecule has 0 fully saturated rings. The number of benzene rings is 1. The first-order chi connectivity index (χ1) is 16.5. The zero-order chi connectivity index (χ0) is 25.5. The zero-order valence-electron chi connectivity index (χ0n) is 18.7. The van der Waals surface area contributed by atoms with Gasteiger partial charge in [-0.3, -0.25) is 4.79 Å². The number of aromatic nitrogens is 3. The summed E-state index contributed by atoms with van der Waals surface area (Å²) in [7, 11) is 0. The van der Waals surface area contributed by atoms with Crippen molar-refractivity contribution in [3.63, 3.8) is 0 Å². The van der Waals surface area contributed by atoms with Crippen molar-refractivity contribution in [2.45, 2.75) is 33.0 Å². The molecule has 3 aromatic rings. The molecule has 1 aliphatic heterocycles. The molecular formula is C22H19ClF3N5O3S. The van der Waals surface area contributed by atoms with E-state index in [9.17, 15) is 22.8 Å². The average Bonchev–Trinajstić information content (AvgIpc) is 3.34. The minimum Gasteiger partial charge on any atom is -0.462 e. The predicted molar refractivity (Wildman–Crippen MR) is 126 cm³/mol. The third kappa shape index (κ3) is 4.89. The number of thiophene rings is 1. The maximum atomic E-state index is 13.4. The quantitative estimate of drug-likeness (QED) is 0.426. The van der Waals surface area contributed by atoms with Crippen molar-refractivity contribution in [2.24, 2.45) is 0 Å². The van der Waals surface area contributed by atoms with E-state index in [1.54, 1.807) is 44.2 Å². The van der Waals surface area contributed by atoms with Gasteiger partial charge in [0.25, 0.3) is 5.82 Å². The fourth-order valence-corrected chi connectivity index (χ4v) is 4.96. The Morgan fingerprint density at radius 2 is 1.97 bits per heavy atom. The predicted octanol–water partition coefficient (Wildman–Crippen LogP) is 5.51. The third-order valence-electron chi connectivity index (χ3n) is 5.09.